The first-order valence-electron chi connectivity index (χ1n) is 13.1. The number of imide groups is 1. The molecule has 4 rings (SSSR count). The number of nitrogens with zero attached hydrogens (tertiary/aromatic N) is 2. The molecule has 9 heteroatoms. The fourth-order valence-corrected chi connectivity index (χ4v) is 5.52. The third-order valence-corrected chi connectivity index (χ3v) is 7.88. The van der Waals surface area contributed by atoms with E-state index in [9.17, 15) is 19.5 Å². The summed E-state index contributed by atoms with van der Waals surface area (Å²) in [5, 5.41) is 10.1. The standard InChI is InChI=1S/C29H35ClN2O6/c1-19(22-6-8-24(30)9-7-22)31(17-20-3-5-23(15-20)29(35)36)18-21-4-10-25(26(16-21)37-2)38-14-13-32-27(33)11-12-28(32)34/h4,6-10,16,19-20,23H,3,5,11-15,17-18H2,1-2H3,(H,35,36)/t19?,20-,23-/m1/s1. The molecule has 1 aliphatic heterocycles. The number of carbonyl (C=O) groups is 3. The van der Waals surface area contributed by atoms with Gasteiger partial charge in [-0.2, -0.15) is 0 Å². The fourth-order valence-electron chi connectivity index (χ4n) is 5.39. The molecule has 2 fully saturated rings. The van der Waals surface area contributed by atoms with Crippen LogP contribution in [-0.2, 0) is 20.9 Å². The number of hydrogen-bond donors (Lipinski definition) is 1. The molecule has 0 radical (unpaired) electrons. The van der Waals surface area contributed by atoms with Crippen molar-refractivity contribution in [3.63, 3.8) is 0 Å². The summed E-state index contributed by atoms with van der Waals surface area (Å²) < 4.78 is 11.5. The van der Waals surface area contributed by atoms with E-state index in [0.29, 0.717) is 35.4 Å². The van der Waals surface area contributed by atoms with Crippen molar-refractivity contribution in [3.05, 3.63) is 58.6 Å². The van der Waals surface area contributed by atoms with Crippen molar-refractivity contribution in [2.75, 3.05) is 26.8 Å². The molecule has 2 amide bonds. The van der Waals surface area contributed by atoms with Gasteiger partial charge in [-0.05, 0) is 67.5 Å². The number of carboxylic acid groups (broad SMARTS) is 1. The molecule has 2 aromatic rings. The summed E-state index contributed by atoms with van der Waals surface area (Å²) in [5.41, 5.74) is 2.17. The van der Waals surface area contributed by atoms with E-state index in [1.54, 1.807) is 7.11 Å². The SMILES string of the molecule is COc1cc(CN(C[C@@H]2CC[C@@H](C(=O)O)C2)C(C)c2ccc(Cl)cc2)ccc1OCCN1C(=O)CCC1=O. The van der Waals surface area contributed by atoms with Crippen LogP contribution in [0, 0.1) is 11.8 Å². The van der Waals surface area contributed by atoms with Crippen LogP contribution < -0.4 is 9.47 Å². The average molecular weight is 543 g/mol. The van der Waals surface area contributed by atoms with E-state index in [1.165, 1.54) is 4.90 Å². The number of hydrogen-bond acceptors (Lipinski definition) is 6. The topological polar surface area (TPSA) is 96.4 Å². The van der Waals surface area contributed by atoms with Crippen molar-refractivity contribution in [2.45, 2.75) is 51.6 Å². The normalized spacial score (nSPS) is 20.3. The van der Waals surface area contributed by atoms with Gasteiger partial charge in [-0.1, -0.05) is 29.8 Å². The summed E-state index contributed by atoms with van der Waals surface area (Å²) >= 11 is 6.11. The number of likely N-dealkylation sites (tertiary alicyclic amines) is 1. The Hall–Kier alpha value is -3.10. The van der Waals surface area contributed by atoms with Crippen LogP contribution >= 0.6 is 11.6 Å². The van der Waals surface area contributed by atoms with E-state index in [2.05, 4.69) is 11.8 Å². The van der Waals surface area contributed by atoms with Gasteiger partial charge >= 0.3 is 5.97 Å². The molecule has 2 aromatic carbocycles. The fraction of sp³-hybridized carbons (Fsp3) is 0.483. The molecule has 1 aliphatic carbocycles. The third-order valence-electron chi connectivity index (χ3n) is 7.62. The van der Waals surface area contributed by atoms with Crippen LogP contribution in [0.2, 0.25) is 5.02 Å². The molecule has 1 saturated heterocycles. The molecule has 1 saturated carbocycles. The monoisotopic (exact) mass is 542 g/mol. The van der Waals surface area contributed by atoms with Crippen LogP contribution in [0.5, 0.6) is 11.5 Å². The third kappa shape index (κ3) is 6.85. The van der Waals surface area contributed by atoms with Crippen molar-refractivity contribution in [1.82, 2.24) is 9.80 Å². The molecule has 1 heterocycles. The van der Waals surface area contributed by atoms with Gasteiger partial charge < -0.3 is 14.6 Å². The maximum atomic E-state index is 11.8. The lowest BCUT2D eigenvalue weighted by Crippen LogP contribution is -2.33. The van der Waals surface area contributed by atoms with Gasteiger partial charge in [0.2, 0.25) is 11.8 Å². The number of rotatable bonds is 12. The van der Waals surface area contributed by atoms with Gasteiger partial charge in [-0.25, -0.2) is 0 Å². The van der Waals surface area contributed by atoms with Gasteiger partial charge in [0, 0.05) is 37.0 Å². The Bertz CT molecular complexity index is 1140. The first-order valence-corrected chi connectivity index (χ1v) is 13.5. The van der Waals surface area contributed by atoms with E-state index >= 15 is 0 Å². The van der Waals surface area contributed by atoms with Crippen LogP contribution in [0.25, 0.3) is 0 Å². The number of carbonyl (C=O) groups excluding carboxylic acids is 2. The van der Waals surface area contributed by atoms with Gasteiger partial charge in [0.1, 0.15) is 6.61 Å². The van der Waals surface area contributed by atoms with Crippen LogP contribution in [0.15, 0.2) is 42.5 Å². The number of amides is 2. The first-order chi connectivity index (χ1) is 18.2. The Morgan fingerprint density at radius 1 is 1.11 bits per heavy atom. The first kappa shape index (κ1) is 27.9. The minimum Gasteiger partial charge on any atom is -0.493 e. The van der Waals surface area contributed by atoms with Gasteiger partial charge in [0.15, 0.2) is 11.5 Å². The highest BCUT2D eigenvalue weighted by Gasteiger charge is 2.32. The van der Waals surface area contributed by atoms with E-state index in [0.717, 1.165) is 30.5 Å². The zero-order valence-electron chi connectivity index (χ0n) is 21.9. The number of methoxy groups -OCH3 is 1. The summed E-state index contributed by atoms with van der Waals surface area (Å²) in [6.07, 6.45) is 2.84. The van der Waals surface area contributed by atoms with Crippen LogP contribution in [0.1, 0.15) is 56.2 Å². The lowest BCUT2D eigenvalue weighted by molar-refractivity contribution is -0.142. The van der Waals surface area contributed by atoms with Crippen LogP contribution in [-0.4, -0.2) is 59.5 Å². The second-order valence-electron chi connectivity index (χ2n) is 10.1. The largest absolute Gasteiger partial charge is 0.493 e. The molecule has 38 heavy (non-hydrogen) atoms. The second kappa shape index (κ2) is 12.6. The molecule has 204 valence electrons. The molecule has 0 bridgehead atoms. The Labute approximate surface area is 228 Å². The number of halogens is 1. The van der Waals surface area contributed by atoms with Gasteiger partial charge in [0.25, 0.3) is 0 Å². The highest BCUT2D eigenvalue weighted by Crippen LogP contribution is 2.35. The minimum atomic E-state index is -0.705. The van der Waals surface area contributed by atoms with E-state index < -0.39 is 5.97 Å². The van der Waals surface area contributed by atoms with Crippen molar-refractivity contribution in [3.8, 4) is 11.5 Å². The minimum absolute atomic E-state index is 0.0913. The Kier molecular flexibility index (Phi) is 9.28. The molecular formula is C29H35ClN2O6. The van der Waals surface area contributed by atoms with E-state index in [-0.39, 0.29) is 49.8 Å². The summed E-state index contributed by atoms with van der Waals surface area (Å²) in [4.78, 5) is 38.8. The lowest BCUT2D eigenvalue weighted by atomic mass is 10.0. The summed E-state index contributed by atoms with van der Waals surface area (Å²) in [6.45, 7) is 3.99. The Balaban J connectivity index is 1.46. The molecular weight excluding hydrogens is 508 g/mol. The van der Waals surface area contributed by atoms with Crippen LogP contribution in [0.4, 0.5) is 0 Å². The highest BCUT2D eigenvalue weighted by atomic mass is 35.5. The molecule has 1 unspecified atom stereocenters. The van der Waals surface area contributed by atoms with E-state index in [1.807, 2.05) is 42.5 Å². The Morgan fingerprint density at radius 3 is 2.45 bits per heavy atom. The number of aliphatic carboxylic acids is 1. The van der Waals surface area contributed by atoms with Crippen molar-refractivity contribution < 1.29 is 29.0 Å². The number of benzene rings is 2. The summed E-state index contributed by atoms with van der Waals surface area (Å²) in [5.74, 6) is 0.144. The maximum Gasteiger partial charge on any atom is 0.306 e. The summed E-state index contributed by atoms with van der Waals surface area (Å²) in [6, 6.07) is 13.7. The number of ether oxygens (including phenoxy) is 2. The molecule has 0 spiro atoms. The summed E-state index contributed by atoms with van der Waals surface area (Å²) in [7, 11) is 1.58. The zero-order chi connectivity index (χ0) is 27.2. The van der Waals surface area contributed by atoms with Gasteiger partial charge in [0.05, 0.1) is 19.6 Å². The quantitative estimate of drug-likeness (QED) is 0.379. The van der Waals surface area contributed by atoms with E-state index in [4.69, 9.17) is 21.1 Å². The zero-order valence-corrected chi connectivity index (χ0v) is 22.7. The number of carboxylic acids is 1. The highest BCUT2D eigenvalue weighted by molar-refractivity contribution is 6.30. The predicted molar refractivity (Wildman–Crippen MR) is 143 cm³/mol. The van der Waals surface area contributed by atoms with Crippen molar-refractivity contribution >= 4 is 29.4 Å². The Morgan fingerprint density at radius 2 is 1.82 bits per heavy atom. The van der Waals surface area contributed by atoms with Gasteiger partial charge in [-0.3, -0.25) is 24.2 Å². The maximum absolute atomic E-state index is 11.8. The van der Waals surface area contributed by atoms with Crippen molar-refractivity contribution in [1.29, 1.82) is 0 Å². The van der Waals surface area contributed by atoms with Crippen molar-refractivity contribution in [2.24, 2.45) is 11.8 Å². The lowest BCUT2D eigenvalue weighted by Gasteiger charge is -2.32. The smallest absolute Gasteiger partial charge is 0.306 e. The molecule has 2 aliphatic rings. The average Bonchev–Trinajstić information content (AvgIpc) is 3.51. The molecule has 0 aromatic heterocycles. The predicted octanol–water partition coefficient (Wildman–Crippen LogP) is 4.94. The second-order valence-corrected chi connectivity index (χ2v) is 10.6. The molecule has 1 N–H and O–H groups in total. The molecule has 8 nitrogen and oxygen atoms in total. The molecule has 3 atom stereocenters. The van der Waals surface area contributed by atoms with Crippen LogP contribution in [0.3, 0.4) is 0 Å². The van der Waals surface area contributed by atoms with Gasteiger partial charge in [-0.15, -0.1) is 0 Å².